The molecular weight excluding hydrogens is 745 g/mol. The van der Waals surface area contributed by atoms with E-state index in [1.807, 2.05) is 32.9 Å². The topological polar surface area (TPSA) is 136 Å². The monoisotopic (exact) mass is 813 g/mol. The van der Waals surface area contributed by atoms with Gasteiger partial charge in [-0.15, -0.1) is 0 Å². The highest BCUT2D eigenvalue weighted by Crippen LogP contribution is 2.34. The van der Waals surface area contributed by atoms with Crippen molar-refractivity contribution in [2.75, 3.05) is 77.1 Å². The molecule has 12 heteroatoms. The Bertz CT molecular complexity index is 1850. The minimum Gasteiger partial charge on any atom is -0.381 e. The number of nitrogens with zero attached hydrogens (tertiary/aromatic N) is 3. The number of H-pyrrole nitrogens is 1. The van der Waals surface area contributed by atoms with Gasteiger partial charge in [0, 0.05) is 101 Å². The van der Waals surface area contributed by atoms with Crippen LogP contribution >= 0.6 is 0 Å². The number of benzene rings is 2. The molecule has 3 N–H and O–H groups in total. The first kappa shape index (κ1) is 45.7. The number of pyridine rings is 1. The number of hydrogen-bond donors (Lipinski definition) is 3. The molecule has 0 atom stereocenters. The summed E-state index contributed by atoms with van der Waals surface area (Å²) in [5.41, 5.74) is 7.89. The van der Waals surface area contributed by atoms with Gasteiger partial charge in [0.1, 0.15) is 12.9 Å². The Morgan fingerprint density at radius 1 is 0.881 bits per heavy atom. The Labute approximate surface area is 351 Å². The maximum Gasteiger partial charge on any atom is 0.253 e. The van der Waals surface area contributed by atoms with Crippen LogP contribution in [0, 0.1) is 20.8 Å². The van der Waals surface area contributed by atoms with E-state index in [1.54, 1.807) is 0 Å². The molecule has 59 heavy (non-hydrogen) atoms. The number of nitrogens with one attached hydrogen (secondary N) is 3. The third-order valence-corrected chi connectivity index (χ3v) is 11.8. The Balaban J connectivity index is 1.13. The summed E-state index contributed by atoms with van der Waals surface area (Å²) in [6.45, 7) is 16.8. The maximum absolute atomic E-state index is 13.9. The van der Waals surface area contributed by atoms with Crippen molar-refractivity contribution in [2.45, 2.75) is 105 Å². The summed E-state index contributed by atoms with van der Waals surface area (Å²) in [6, 6.07) is 15.2. The highest BCUT2D eigenvalue weighted by molar-refractivity contribution is 5.99. The predicted octanol–water partition coefficient (Wildman–Crippen LogP) is 6.08. The van der Waals surface area contributed by atoms with Crippen molar-refractivity contribution in [1.29, 1.82) is 0 Å². The Kier molecular flexibility index (Phi) is 18.6. The second-order valence-corrected chi connectivity index (χ2v) is 16.2. The van der Waals surface area contributed by atoms with Crippen molar-refractivity contribution in [3.05, 3.63) is 86.3 Å². The molecule has 0 bridgehead atoms. The summed E-state index contributed by atoms with van der Waals surface area (Å²) in [5, 5.41) is 6.17. The fraction of sp³-hybridized carbons (Fsp3) is 0.574. The van der Waals surface area contributed by atoms with E-state index in [9.17, 15) is 19.2 Å². The summed E-state index contributed by atoms with van der Waals surface area (Å²) in [6.07, 6.45) is 10.5. The molecule has 12 nitrogen and oxygen atoms in total. The van der Waals surface area contributed by atoms with E-state index in [-0.39, 0.29) is 30.5 Å². The number of rotatable bonds is 23. The lowest BCUT2D eigenvalue weighted by atomic mass is 9.94. The summed E-state index contributed by atoms with van der Waals surface area (Å²) >= 11 is 0. The molecule has 322 valence electrons. The van der Waals surface area contributed by atoms with Crippen molar-refractivity contribution < 1.29 is 23.9 Å². The molecular formula is C47H68N6O6. The van der Waals surface area contributed by atoms with Crippen LogP contribution in [0.25, 0.3) is 11.1 Å². The van der Waals surface area contributed by atoms with Crippen molar-refractivity contribution in [3.63, 3.8) is 0 Å². The number of unbranched alkanes of at least 4 members (excludes halogenated alkanes) is 6. The zero-order chi connectivity index (χ0) is 42.0. The van der Waals surface area contributed by atoms with Crippen LogP contribution in [-0.4, -0.2) is 111 Å². The molecule has 3 heterocycles. The second kappa shape index (κ2) is 24.0. The molecule has 1 aromatic heterocycles. The second-order valence-electron chi connectivity index (χ2n) is 16.2. The summed E-state index contributed by atoms with van der Waals surface area (Å²) in [7, 11) is 0. The largest absolute Gasteiger partial charge is 0.381 e. The molecule has 2 aromatic carbocycles. The van der Waals surface area contributed by atoms with Crippen molar-refractivity contribution in [3.8, 4) is 11.1 Å². The highest BCUT2D eigenvalue weighted by atomic mass is 16.5. The number of carbonyl (C=O) groups excluding carboxylic acids is 3. The molecule has 3 aromatic rings. The molecule has 2 aliphatic rings. The lowest BCUT2D eigenvalue weighted by molar-refractivity contribution is -0.122. The molecule has 0 radical (unpaired) electrons. The third-order valence-electron chi connectivity index (χ3n) is 11.8. The number of amides is 2. The zero-order valence-electron chi connectivity index (χ0n) is 36.0. The van der Waals surface area contributed by atoms with Gasteiger partial charge in [-0.25, -0.2) is 0 Å². The molecule has 0 unspecified atom stereocenters. The predicted molar refractivity (Wildman–Crippen MR) is 235 cm³/mol. The number of ether oxygens (including phenoxy) is 2. The molecule has 2 fully saturated rings. The molecule has 5 rings (SSSR count). The first-order valence-electron chi connectivity index (χ1n) is 22.0. The van der Waals surface area contributed by atoms with Crippen molar-refractivity contribution in [2.24, 2.45) is 0 Å². The van der Waals surface area contributed by atoms with Crippen molar-refractivity contribution in [1.82, 2.24) is 25.4 Å². The zero-order valence-corrected chi connectivity index (χ0v) is 36.0. The van der Waals surface area contributed by atoms with Gasteiger partial charge in [0.2, 0.25) is 5.91 Å². The van der Waals surface area contributed by atoms with E-state index in [4.69, 9.17) is 9.47 Å². The molecule has 2 saturated heterocycles. The minimum atomic E-state index is -0.199. The number of aryl methyl sites for hydroxylation is 2. The average molecular weight is 813 g/mol. The van der Waals surface area contributed by atoms with Crippen LogP contribution in [0.4, 0.5) is 5.69 Å². The number of piperazine rings is 1. The van der Waals surface area contributed by atoms with Gasteiger partial charge in [-0.3, -0.25) is 24.2 Å². The van der Waals surface area contributed by atoms with Crippen LogP contribution < -0.4 is 21.1 Å². The number of aromatic nitrogens is 1. The van der Waals surface area contributed by atoms with E-state index < -0.39 is 0 Å². The van der Waals surface area contributed by atoms with E-state index in [1.165, 1.54) is 24.8 Å². The molecule has 2 amide bonds. The summed E-state index contributed by atoms with van der Waals surface area (Å²) in [4.78, 5) is 59.5. The van der Waals surface area contributed by atoms with Gasteiger partial charge < -0.3 is 34.8 Å². The van der Waals surface area contributed by atoms with Gasteiger partial charge in [0.25, 0.3) is 11.5 Å². The Morgan fingerprint density at radius 2 is 1.56 bits per heavy atom. The molecule has 0 aliphatic carbocycles. The maximum atomic E-state index is 13.9. The van der Waals surface area contributed by atoms with Crippen LogP contribution in [0.15, 0.2) is 47.3 Å². The van der Waals surface area contributed by atoms with Crippen LogP contribution in [0.2, 0.25) is 0 Å². The Hall–Kier alpha value is -4.36. The SMILES string of the molecule is CCN(c1cc(-c2ccc(CN3CCN(CC(=O)NCCCCCCCCCOCC=O)CC3)cc2)cc(C(=O)NCc2c(C)cc(C)[nH]c2=O)c1C)C1CCOCC1. The fourth-order valence-electron chi connectivity index (χ4n) is 8.38. The third kappa shape index (κ3) is 14.1. The highest BCUT2D eigenvalue weighted by Gasteiger charge is 2.25. The lowest BCUT2D eigenvalue weighted by Crippen LogP contribution is -2.49. The van der Waals surface area contributed by atoms with E-state index in [2.05, 4.69) is 67.6 Å². The van der Waals surface area contributed by atoms with Crippen LogP contribution in [0.5, 0.6) is 0 Å². The van der Waals surface area contributed by atoms with Gasteiger partial charge in [-0.05, 0) is 99.4 Å². The van der Waals surface area contributed by atoms with E-state index in [0.29, 0.717) is 30.3 Å². The minimum absolute atomic E-state index is 0.107. The van der Waals surface area contributed by atoms with Crippen LogP contribution in [0.1, 0.15) is 103 Å². The lowest BCUT2D eigenvalue weighted by Gasteiger charge is -2.37. The van der Waals surface area contributed by atoms with Gasteiger partial charge in [-0.2, -0.15) is 0 Å². The number of carbonyl (C=O) groups is 3. The van der Waals surface area contributed by atoms with Crippen LogP contribution in [-0.2, 0) is 32.2 Å². The molecule has 0 spiro atoms. The summed E-state index contributed by atoms with van der Waals surface area (Å²) in [5.74, 6) is -0.0917. The first-order valence-corrected chi connectivity index (χ1v) is 22.0. The van der Waals surface area contributed by atoms with Gasteiger partial charge in [0.05, 0.1) is 6.54 Å². The van der Waals surface area contributed by atoms with Gasteiger partial charge in [0.15, 0.2) is 0 Å². The molecule has 0 saturated carbocycles. The standard InChI is InChI=1S/C47H68N6O6/c1-5-53(41-17-26-59-27-18-41)44-31-40(30-42(37(44)4)46(56)49-32-43-35(2)29-36(3)50-47(43)57)39-15-13-38(14-16-39)33-51-20-22-52(23-21-51)34-45(55)48-19-11-9-7-6-8-10-12-25-58-28-24-54/h13-16,24,29-31,41H,5-12,17-23,25-28,32-34H2,1-4H3,(H,48,55)(H,49,56)(H,50,57). The quantitative estimate of drug-likeness (QED) is 0.0769. The van der Waals surface area contributed by atoms with Crippen molar-refractivity contribution >= 4 is 23.8 Å². The average Bonchev–Trinajstić information content (AvgIpc) is 3.23. The normalized spacial score (nSPS) is 15.3. The summed E-state index contributed by atoms with van der Waals surface area (Å²) < 4.78 is 10.9. The molecule has 2 aliphatic heterocycles. The van der Waals surface area contributed by atoms with Crippen LogP contribution in [0.3, 0.4) is 0 Å². The fourth-order valence-corrected chi connectivity index (χ4v) is 8.38. The van der Waals surface area contributed by atoms with Gasteiger partial charge in [-0.1, -0.05) is 56.4 Å². The van der Waals surface area contributed by atoms with Gasteiger partial charge >= 0.3 is 0 Å². The Morgan fingerprint density at radius 3 is 2.24 bits per heavy atom. The van der Waals surface area contributed by atoms with E-state index in [0.717, 1.165) is 137 Å². The number of hydrogen-bond acceptors (Lipinski definition) is 9. The number of anilines is 1. The smallest absolute Gasteiger partial charge is 0.253 e. The first-order chi connectivity index (χ1) is 28.7. The number of aldehydes is 1. The number of aromatic amines is 1. The van der Waals surface area contributed by atoms with E-state index >= 15 is 0 Å².